The van der Waals surface area contributed by atoms with Crippen LogP contribution < -0.4 is 10.5 Å². The summed E-state index contributed by atoms with van der Waals surface area (Å²) in [5, 5.41) is 4.20. The van der Waals surface area contributed by atoms with Gasteiger partial charge < -0.3 is 10.5 Å². The SMILES string of the molecule is CCC(=O)Oc1c(C(N)=O)c(C)nn1-c1ccnc(Cc2cc(F)cc(C(F)(F)F)c2)c1. The first-order chi connectivity index (χ1) is 15.0. The van der Waals surface area contributed by atoms with Gasteiger partial charge in [0.2, 0.25) is 5.88 Å². The predicted molar refractivity (Wildman–Crippen MR) is 105 cm³/mol. The van der Waals surface area contributed by atoms with Crippen LogP contribution in [-0.4, -0.2) is 26.6 Å². The summed E-state index contributed by atoms with van der Waals surface area (Å²) < 4.78 is 59.1. The van der Waals surface area contributed by atoms with E-state index in [0.29, 0.717) is 17.4 Å². The number of rotatable bonds is 6. The molecular formula is C21H18F4N4O3. The highest BCUT2D eigenvalue weighted by Gasteiger charge is 2.31. The van der Waals surface area contributed by atoms with E-state index in [0.717, 1.165) is 12.1 Å². The van der Waals surface area contributed by atoms with Crippen molar-refractivity contribution in [2.24, 2.45) is 5.73 Å². The first kappa shape index (κ1) is 22.9. The highest BCUT2D eigenvalue weighted by molar-refractivity contribution is 5.97. The molecule has 0 radical (unpaired) electrons. The number of carbonyl (C=O) groups is 2. The Morgan fingerprint density at radius 2 is 1.91 bits per heavy atom. The number of alkyl halides is 3. The smallest absolute Gasteiger partial charge is 0.406 e. The number of hydrogen-bond acceptors (Lipinski definition) is 5. The molecule has 0 atom stereocenters. The number of primary amides is 1. The zero-order valence-corrected chi connectivity index (χ0v) is 17.0. The van der Waals surface area contributed by atoms with Gasteiger partial charge in [0.15, 0.2) is 0 Å². The van der Waals surface area contributed by atoms with Crippen LogP contribution in [0.4, 0.5) is 17.6 Å². The summed E-state index contributed by atoms with van der Waals surface area (Å²) in [4.78, 5) is 27.8. The molecule has 2 heterocycles. The molecule has 7 nitrogen and oxygen atoms in total. The van der Waals surface area contributed by atoms with Crippen LogP contribution in [0, 0.1) is 12.7 Å². The van der Waals surface area contributed by atoms with E-state index >= 15 is 0 Å². The minimum Gasteiger partial charge on any atom is -0.406 e. The quantitative estimate of drug-likeness (QED) is 0.456. The summed E-state index contributed by atoms with van der Waals surface area (Å²) in [5.41, 5.74) is 5.10. The van der Waals surface area contributed by atoms with E-state index in [2.05, 4.69) is 10.1 Å². The summed E-state index contributed by atoms with van der Waals surface area (Å²) in [6.07, 6.45) is -3.41. The molecule has 0 spiro atoms. The Bertz CT molecular complexity index is 1190. The Balaban J connectivity index is 2.02. The highest BCUT2D eigenvalue weighted by Crippen LogP contribution is 2.31. The maximum atomic E-state index is 13.7. The van der Waals surface area contributed by atoms with Crippen molar-refractivity contribution in [3.05, 3.63) is 70.4 Å². The number of pyridine rings is 1. The molecule has 2 aromatic heterocycles. The lowest BCUT2D eigenvalue weighted by molar-refractivity contribution is -0.138. The normalized spacial score (nSPS) is 11.4. The summed E-state index contributed by atoms with van der Waals surface area (Å²) in [7, 11) is 0. The van der Waals surface area contributed by atoms with Gasteiger partial charge in [0.05, 0.1) is 16.9 Å². The monoisotopic (exact) mass is 450 g/mol. The number of nitrogens with zero attached hydrogens (tertiary/aromatic N) is 3. The number of aromatic nitrogens is 3. The maximum absolute atomic E-state index is 13.7. The molecule has 0 fully saturated rings. The molecular weight excluding hydrogens is 432 g/mol. The minimum absolute atomic E-state index is 0.0329. The van der Waals surface area contributed by atoms with Crippen LogP contribution in [0.5, 0.6) is 5.88 Å². The lowest BCUT2D eigenvalue weighted by Crippen LogP contribution is -2.16. The van der Waals surface area contributed by atoms with Crippen LogP contribution in [0.3, 0.4) is 0 Å². The van der Waals surface area contributed by atoms with Crippen molar-refractivity contribution < 1.29 is 31.9 Å². The number of ether oxygens (including phenoxy) is 1. The first-order valence-electron chi connectivity index (χ1n) is 9.41. The average molecular weight is 450 g/mol. The molecule has 2 N–H and O–H groups in total. The molecule has 3 aromatic rings. The van der Waals surface area contributed by atoms with E-state index in [1.807, 2.05) is 0 Å². The molecule has 0 aliphatic heterocycles. The van der Waals surface area contributed by atoms with Crippen molar-refractivity contribution in [1.29, 1.82) is 0 Å². The van der Waals surface area contributed by atoms with Gasteiger partial charge in [0.25, 0.3) is 5.91 Å². The Kier molecular flexibility index (Phi) is 6.28. The highest BCUT2D eigenvalue weighted by atomic mass is 19.4. The van der Waals surface area contributed by atoms with Gasteiger partial charge in [-0.2, -0.15) is 23.0 Å². The Labute approximate surface area is 179 Å². The summed E-state index contributed by atoms with van der Waals surface area (Å²) in [5.74, 6) is -2.67. The molecule has 0 bridgehead atoms. The fourth-order valence-corrected chi connectivity index (χ4v) is 3.06. The van der Waals surface area contributed by atoms with Crippen molar-refractivity contribution in [2.45, 2.75) is 32.9 Å². The molecule has 3 rings (SSSR count). The lowest BCUT2D eigenvalue weighted by atomic mass is 10.0. The van der Waals surface area contributed by atoms with Crippen LogP contribution in [0.25, 0.3) is 5.69 Å². The van der Waals surface area contributed by atoms with Gasteiger partial charge in [-0.3, -0.25) is 14.6 Å². The van der Waals surface area contributed by atoms with Crippen LogP contribution in [0.2, 0.25) is 0 Å². The van der Waals surface area contributed by atoms with E-state index in [1.54, 1.807) is 6.92 Å². The fraction of sp³-hybridized carbons (Fsp3) is 0.238. The van der Waals surface area contributed by atoms with Crippen LogP contribution in [0.1, 0.15) is 46.2 Å². The molecule has 168 valence electrons. The van der Waals surface area contributed by atoms with Crippen molar-refractivity contribution in [3.63, 3.8) is 0 Å². The lowest BCUT2D eigenvalue weighted by Gasteiger charge is -2.11. The first-order valence-corrected chi connectivity index (χ1v) is 9.41. The van der Waals surface area contributed by atoms with Crippen molar-refractivity contribution in [1.82, 2.24) is 14.8 Å². The number of amides is 1. The Morgan fingerprint density at radius 1 is 1.19 bits per heavy atom. The van der Waals surface area contributed by atoms with E-state index in [9.17, 15) is 27.2 Å². The number of nitrogens with two attached hydrogens (primary N) is 1. The number of hydrogen-bond donors (Lipinski definition) is 1. The Morgan fingerprint density at radius 3 is 2.53 bits per heavy atom. The van der Waals surface area contributed by atoms with Crippen molar-refractivity contribution in [2.75, 3.05) is 0 Å². The topological polar surface area (TPSA) is 100 Å². The minimum atomic E-state index is -4.69. The van der Waals surface area contributed by atoms with Gasteiger partial charge in [-0.1, -0.05) is 6.92 Å². The number of esters is 1. The van der Waals surface area contributed by atoms with Crippen molar-refractivity contribution >= 4 is 11.9 Å². The second kappa shape index (κ2) is 8.77. The number of aryl methyl sites for hydroxylation is 1. The van der Waals surface area contributed by atoms with E-state index in [1.165, 1.54) is 29.9 Å². The van der Waals surface area contributed by atoms with Crippen LogP contribution >= 0.6 is 0 Å². The van der Waals surface area contributed by atoms with Crippen molar-refractivity contribution in [3.8, 4) is 11.6 Å². The van der Waals surface area contributed by atoms with Gasteiger partial charge in [-0.05, 0) is 42.8 Å². The van der Waals surface area contributed by atoms with Crippen LogP contribution in [0.15, 0.2) is 36.5 Å². The van der Waals surface area contributed by atoms with Gasteiger partial charge in [0, 0.05) is 24.7 Å². The van der Waals surface area contributed by atoms with Gasteiger partial charge in [0.1, 0.15) is 11.4 Å². The largest absolute Gasteiger partial charge is 0.416 e. The van der Waals surface area contributed by atoms with Crippen LogP contribution in [-0.2, 0) is 17.4 Å². The molecule has 11 heteroatoms. The second-order valence-electron chi connectivity index (χ2n) is 6.90. The van der Waals surface area contributed by atoms with E-state index in [-0.39, 0.29) is 35.5 Å². The van der Waals surface area contributed by atoms with Gasteiger partial charge >= 0.3 is 12.1 Å². The van der Waals surface area contributed by atoms with E-state index in [4.69, 9.17) is 10.5 Å². The van der Waals surface area contributed by atoms with Gasteiger partial charge in [-0.25, -0.2) is 4.39 Å². The molecule has 0 aliphatic carbocycles. The van der Waals surface area contributed by atoms with E-state index < -0.39 is 29.4 Å². The third-order valence-electron chi connectivity index (χ3n) is 4.48. The number of carbonyl (C=O) groups excluding carboxylic acids is 2. The number of benzene rings is 1. The third-order valence-corrected chi connectivity index (χ3v) is 4.48. The molecule has 32 heavy (non-hydrogen) atoms. The maximum Gasteiger partial charge on any atom is 0.416 e. The van der Waals surface area contributed by atoms with Gasteiger partial charge in [-0.15, -0.1) is 0 Å². The summed E-state index contributed by atoms with van der Waals surface area (Å²) in [6, 6.07) is 5.21. The molecule has 0 saturated carbocycles. The number of halogens is 4. The average Bonchev–Trinajstić information content (AvgIpc) is 3.03. The molecule has 0 aliphatic rings. The molecule has 0 saturated heterocycles. The zero-order valence-electron chi connectivity index (χ0n) is 17.0. The second-order valence-corrected chi connectivity index (χ2v) is 6.90. The predicted octanol–water partition coefficient (Wildman–Crippen LogP) is 3.74. The fourth-order valence-electron chi connectivity index (χ4n) is 3.06. The molecule has 1 amide bonds. The third kappa shape index (κ3) is 4.93. The molecule has 1 aromatic carbocycles. The Hall–Kier alpha value is -3.76. The standard InChI is InChI=1S/C21H18F4N4O3/c1-3-17(30)32-20-18(19(26)31)11(2)28-29(20)16-4-5-27-15(10-16)8-12-6-13(21(23,24)25)9-14(22)7-12/h4-7,9-10H,3,8H2,1-2H3,(H2,26,31). The zero-order chi connectivity index (χ0) is 23.6. The molecule has 0 unspecified atom stereocenters. The summed E-state index contributed by atoms with van der Waals surface area (Å²) in [6.45, 7) is 3.08. The summed E-state index contributed by atoms with van der Waals surface area (Å²) >= 11 is 0.